The van der Waals surface area contributed by atoms with Crippen LogP contribution in [0, 0.1) is 24.6 Å². The fourth-order valence-corrected chi connectivity index (χ4v) is 2.09. The Balaban J connectivity index is 3.08. The molecule has 1 aromatic rings. The van der Waals surface area contributed by atoms with Gasteiger partial charge < -0.3 is 9.84 Å². The molecule has 0 aromatic heterocycles. The molecule has 1 aromatic carbocycles. The maximum absolute atomic E-state index is 13.8. The van der Waals surface area contributed by atoms with Gasteiger partial charge in [0.15, 0.2) is 0 Å². The molecular weight excluding hydrogens is 247 g/mol. The number of aliphatic hydroxyl groups is 1. The van der Waals surface area contributed by atoms with Crippen LogP contribution in [0.25, 0.3) is 0 Å². The highest BCUT2D eigenvalue weighted by Gasteiger charge is 2.33. The summed E-state index contributed by atoms with van der Waals surface area (Å²) in [6.07, 6.45) is -1.20. The van der Waals surface area contributed by atoms with Gasteiger partial charge in [0.2, 0.25) is 0 Å². The molecule has 0 fully saturated rings. The summed E-state index contributed by atoms with van der Waals surface area (Å²) in [7, 11) is 0. The third kappa shape index (κ3) is 3.77. The molecule has 0 amide bonds. The van der Waals surface area contributed by atoms with Gasteiger partial charge in [-0.1, -0.05) is 31.5 Å². The number of aryl methyl sites for hydroxylation is 1. The first-order valence-electron chi connectivity index (χ1n) is 6.49. The van der Waals surface area contributed by atoms with Crippen molar-refractivity contribution in [1.82, 2.24) is 0 Å². The largest absolute Gasteiger partial charge is 0.466 e. The minimum atomic E-state index is -1.20. The smallest absolute Gasteiger partial charge is 0.312 e. The summed E-state index contributed by atoms with van der Waals surface area (Å²) >= 11 is 0. The van der Waals surface area contributed by atoms with Gasteiger partial charge in [0.25, 0.3) is 0 Å². The first-order valence-corrected chi connectivity index (χ1v) is 6.49. The highest BCUT2D eigenvalue weighted by molar-refractivity contribution is 5.73. The average molecular weight is 268 g/mol. The summed E-state index contributed by atoms with van der Waals surface area (Å²) < 4.78 is 18.7. The van der Waals surface area contributed by atoms with Crippen LogP contribution in [0.1, 0.15) is 38.0 Å². The zero-order valence-corrected chi connectivity index (χ0v) is 11.8. The van der Waals surface area contributed by atoms with Crippen molar-refractivity contribution in [2.45, 2.75) is 33.8 Å². The quantitative estimate of drug-likeness (QED) is 0.835. The van der Waals surface area contributed by atoms with E-state index in [0.717, 1.165) is 5.56 Å². The second-order valence-electron chi connectivity index (χ2n) is 4.99. The van der Waals surface area contributed by atoms with E-state index in [9.17, 15) is 14.3 Å². The molecular formula is C15H21FO3. The van der Waals surface area contributed by atoms with E-state index >= 15 is 0 Å². The van der Waals surface area contributed by atoms with Crippen LogP contribution in [-0.2, 0) is 9.53 Å². The Morgan fingerprint density at radius 1 is 1.42 bits per heavy atom. The van der Waals surface area contributed by atoms with Crippen molar-refractivity contribution in [2.75, 3.05) is 6.61 Å². The van der Waals surface area contributed by atoms with Crippen LogP contribution in [0.3, 0.4) is 0 Å². The summed E-state index contributed by atoms with van der Waals surface area (Å²) in [5, 5.41) is 10.3. The van der Waals surface area contributed by atoms with Crippen LogP contribution in [0.5, 0.6) is 0 Å². The van der Waals surface area contributed by atoms with Crippen LogP contribution < -0.4 is 0 Å². The van der Waals surface area contributed by atoms with Crippen LogP contribution in [0.4, 0.5) is 4.39 Å². The van der Waals surface area contributed by atoms with Gasteiger partial charge in [0, 0.05) is 5.56 Å². The third-order valence-electron chi connectivity index (χ3n) is 3.09. The lowest BCUT2D eigenvalue weighted by Gasteiger charge is -2.25. The Kier molecular flexibility index (Phi) is 5.48. The molecule has 0 saturated carbocycles. The second-order valence-corrected chi connectivity index (χ2v) is 4.99. The number of esters is 1. The summed E-state index contributed by atoms with van der Waals surface area (Å²) in [5.41, 5.74) is 0.980. The van der Waals surface area contributed by atoms with Crippen molar-refractivity contribution in [1.29, 1.82) is 0 Å². The normalized spacial score (nSPS) is 14.3. The standard InChI is InChI=1S/C15H21FO3/c1-5-19-15(18)13(9(2)3)14(17)11-8-10(4)6-7-12(11)16/h6-9,13-14,17H,5H2,1-4H3. The van der Waals surface area contributed by atoms with E-state index in [1.807, 2.05) is 6.92 Å². The number of hydrogen-bond donors (Lipinski definition) is 1. The number of benzene rings is 1. The molecule has 0 aliphatic heterocycles. The van der Waals surface area contributed by atoms with Crippen molar-refractivity contribution in [3.05, 3.63) is 35.1 Å². The van der Waals surface area contributed by atoms with Crippen molar-refractivity contribution >= 4 is 5.97 Å². The SMILES string of the molecule is CCOC(=O)C(C(C)C)C(O)c1cc(C)ccc1F. The molecule has 0 radical (unpaired) electrons. The highest BCUT2D eigenvalue weighted by Crippen LogP contribution is 2.31. The minimum Gasteiger partial charge on any atom is -0.466 e. The number of halogens is 1. The Labute approximate surface area is 113 Å². The zero-order chi connectivity index (χ0) is 14.6. The van der Waals surface area contributed by atoms with E-state index in [1.54, 1.807) is 32.9 Å². The molecule has 3 nitrogen and oxygen atoms in total. The number of aliphatic hydroxyl groups excluding tert-OH is 1. The predicted molar refractivity (Wildman–Crippen MR) is 71.1 cm³/mol. The summed E-state index contributed by atoms with van der Waals surface area (Å²) in [6, 6.07) is 4.49. The first-order chi connectivity index (χ1) is 8.88. The molecule has 106 valence electrons. The van der Waals surface area contributed by atoms with Gasteiger partial charge in [-0.15, -0.1) is 0 Å². The third-order valence-corrected chi connectivity index (χ3v) is 3.09. The number of rotatable bonds is 5. The predicted octanol–water partition coefficient (Wildman–Crippen LogP) is 3.00. The second kappa shape index (κ2) is 6.66. The number of carbonyl (C=O) groups excluding carboxylic acids is 1. The van der Waals surface area contributed by atoms with Crippen LogP contribution in [0.15, 0.2) is 18.2 Å². The summed E-state index contributed by atoms with van der Waals surface area (Å²) in [6.45, 7) is 7.36. The van der Waals surface area contributed by atoms with E-state index in [1.165, 1.54) is 6.07 Å². The van der Waals surface area contributed by atoms with Gasteiger partial charge in [-0.05, 0) is 25.8 Å². The lowest BCUT2D eigenvalue weighted by molar-refractivity contribution is -0.154. The maximum Gasteiger partial charge on any atom is 0.312 e. The van der Waals surface area contributed by atoms with Gasteiger partial charge in [0.1, 0.15) is 5.82 Å². The lowest BCUT2D eigenvalue weighted by Crippen LogP contribution is -2.29. The topological polar surface area (TPSA) is 46.5 Å². The fourth-order valence-electron chi connectivity index (χ4n) is 2.09. The van der Waals surface area contributed by atoms with E-state index in [-0.39, 0.29) is 18.1 Å². The molecule has 0 aliphatic carbocycles. The number of carbonyl (C=O) groups is 1. The van der Waals surface area contributed by atoms with Gasteiger partial charge in [-0.3, -0.25) is 4.79 Å². The number of hydrogen-bond acceptors (Lipinski definition) is 3. The molecule has 0 spiro atoms. The maximum atomic E-state index is 13.8. The molecule has 2 atom stereocenters. The van der Waals surface area contributed by atoms with Crippen molar-refractivity contribution in [2.24, 2.45) is 11.8 Å². The Morgan fingerprint density at radius 2 is 2.05 bits per heavy atom. The number of ether oxygens (including phenoxy) is 1. The highest BCUT2D eigenvalue weighted by atomic mass is 19.1. The molecule has 0 heterocycles. The van der Waals surface area contributed by atoms with Crippen LogP contribution in [0.2, 0.25) is 0 Å². The Hall–Kier alpha value is -1.42. The van der Waals surface area contributed by atoms with E-state index < -0.39 is 23.8 Å². The van der Waals surface area contributed by atoms with Crippen LogP contribution in [-0.4, -0.2) is 17.7 Å². The van der Waals surface area contributed by atoms with Gasteiger partial charge >= 0.3 is 5.97 Å². The van der Waals surface area contributed by atoms with Crippen molar-refractivity contribution in [3.8, 4) is 0 Å². The van der Waals surface area contributed by atoms with Gasteiger partial charge in [-0.2, -0.15) is 0 Å². The molecule has 0 bridgehead atoms. The minimum absolute atomic E-state index is 0.144. The van der Waals surface area contributed by atoms with E-state index in [4.69, 9.17) is 4.74 Å². The summed E-state index contributed by atoms with van der Waals surface area (Å²) in [4.78, 5) is 11.9. The molecule has 4 heteroatoms. The molecule has 2 unspecified atom stereocenters. The van der Waals surface area contributed by atoms with Crippen LogP contribution >= 0.6 is 0 Å². The van der Waals surface area contributed by atoms with E-state index in [2.05, 4.69) is 0 Å². The lowest BCUT2D eigenvalue weighted by atomic mass is 9.86. The van der Waals surface area contributed by atoms with E-state index in [0.29, 0.717) is 0 Å². The molecule has 1 rings (SSSR count). The molecule has 19 heavy (non-hydrogen) atoms. The average Bonchev–Trinajstić information content (AvgIpc) is 2.32. The van der Waals surface area contributed by atoms with Gasteiger partial charge in [0.05, 0.1) is 18.6 Å². The summed E-state index contributed by atoms with van der Waals surface area (Å²) in [5.74, 6) is -1.91. The molecule has 0 aliphatic rings. The first kappa shape index (κ1) is 15.6. The zero-order valence-electron chi connectivity index (χ0n) is 11.8. The van der Waals surface area contributed by atoms with Crippen molar-refractivity contribution < 1.29 is 19.0 Å². The molecule has 1 N–H and O–H groups in total. The molecule has 0 saturated heterocycles. The Morgan fingerprint density at radius 3 is 2.58 bits per heavy atom. The fraction of sp³-hybridized carbons (Fsp3) is 0.533. The van der Waals surface area contributed by atoms with Crippen molar-refractivity contribution in [3.63, 3.8) is 0 Å². The monoisotopic (exact) mass is 268 g/mol. The Bertz CT molecular complexity index is 443. The van der Waals surface area contributed by atoms with Gasteiger partial charge in [-0.25, -0.2) is 4.39 Å².